The molecule has 1 spiro atoms. The van der Waals surface area contributed by atoms with Crippen LogP contribution < -0.4 is 0 Å². The molecule has 0 saturated carbocycles. The van der Waals surface area contributed by atoms with Gasteiger partial charge in [-0.15, -0.1) is 0 Å². The van der Waals surface area contributed by atoms with Gasteiger partial charge in [-0.3, -0.25) is 9.69 Å². The zero-order valence-corrected chi connectivity index (χ0v) is 16.5. The highest BCUT2D eigenvalue weighted by Crippen LogP contribution is 2.32. The average molecular weight is 363 g/mol. The molecule has 1 unspecified atom stereocenters. The summed E-state index contributed by atoms with van der Waals surface area (Å²) >= 11 is 1.56. The van der Waals surface area contributed by atoms with E-state index in [1.807, 2.05) is 25.1 Å². The van der Waals surface area contributed by atoms with Gasteiger partial charge < -0.3 is 9.80 Å². The van der Waals surface area contributed by atoms with Crippen molar-refractivity contribution >= 4 is 17.7 Å². The first-order valence-corrected chi connectivity index (χ1v) is 10.1. The van der Waals surface area contributed by atoms with Crippen LogP contribution in [0.4, 0.5) is 0 Å². The molecule has 2 aliphatic heterocycles. The minimum absolute atomic E-state index is 0.0957. The van der Waals surface area contributed by atoms with Gasteiger partial charge in [-0.2, -0.15) is 0 Å². The number of piperidine rings is 1. The summed E-state index contributed by atoms with van der Waals surface area (Å²) in [7, 11) is 4.43. The monoisotopic (exact) mass is 362 g/mol. The summed E-state index contributed by atoms with van der Waals surface area (Å²) in [5.41, 5.74) is 0.147. The molecule has 3 heterocycles. The van der Waals surface area contributed by atoms with Crippen molar-refractivity contribution in [2.24, 2.45) is 0 Å². The highest BCUT2D eigenvalue weighted by Gasteiger charge is 2.41. The Labute approximate surface area is 155 Å². The van der Waals surface area contributed by atoms with Crippen LogP contribution in [0.1, 0.15) is 26.2 Å². The Morgan fingerprint density at radius 2 is 1.96 bits per heavy atom. The van der Waals surface area contributed by atoms with Crippen LogP contribution in [0, 0.1) is 0 Å². The number of thioether (sulfide) groups is 1. The maximum atomic E-state index is 13.1. The summed E-state index contributed by atoms with van der Waals surface area (Å²) in [5.74, 6) is 0.254. The second kappa shape index (κ2) is 8.06. The third kappa shape index (κ3) is 4.36. The number of amides is 1. The van der Waals surface area contributed by atoms with E-state index in [1.165, 1.54) is 0 Å². The lowest BCUT2D eigenvalue weighted by atomic mass is 9.85. The van der Waals surface area contributed by atoms with E-state index < -0.39 is 0 Å². The van der Waals surface area contributed by atoms with Gasteiger partial charge in [0.1, 0.15) is 0 Å². The zero-order chi connectivity index (χ0) is 17.9. The van der Waals surface area contributed by atoms with Gasteiger partial charge in [0.05, 0.1) is 10.3 Å². The Hall–Kier alpha value is -1.11. The molecule has 3 rings (SSSR count). The van der Waals surface area contributed by atoms with E-state index in [-0.39, 0.29) is 16.7 Å². The van der Waals surface area contributed by atoms with Gasteiger partial charge in [-0.25, -0.2) is 4.98 Å². The summed E-state index contributed by atoms with van der Waals surface area (Å²) in [6.45, 7) is 7.05. The number of likely N-dealkylation sites (tertiary alicyclic amines) is 1. The van der Waals surface area contributed by atoms with Crippen molar-refractivity contribution in [3.05, 3.63) is 24.4 Å². The van der Waals surface area contributed by atoms with Crippen LogP contribution in [0.15, 0.2) is 29.4 Å². The quantitative estimate of drug-likeness (QED) is 0.771. The Kier molecular flexibility index (Phi) is 6.02. The molecule has 25 heavy (non-hydrogen) atoms. The van der Waals surface area contributed by atoms with Crippen LogP contribution in [-0.2, 0) is 4.79 Å². The molecule has 0 N–H and O–H groups in total. The SMILES string of the molecule is CC(Sc1ccccn1)C(=O)N1CCCN(C)C2(CCN(C)CC2)C1. The summed E-state index contributed by atoms with van der Waals surface area (Å²) in [6, 6.07) is 5.86. The summed E-state index contributed by atoms with van der Waals surface area (Å²) in [5, 5.41) is 0.825. The number of hydrogen-bond acceptors (Lipinski definition) is 5. The molecule has 1 aromatic heterocycles. The number of nitrogens with zero attached hydrogens (tertiary/aromatic N) is 4. The van der Waals surface area contributed by atoms with Crippen molar-refractivity contribution < 1.29 is 4.79 Å². The second-order valence-corrected chi connectivity index (χ2v) is 8.85. The largest absolute Gasteiger partial charge is 0.340 e. The molecule has 1 aromatic rings. The number of carbonyl (C=O) groups is 1. The number of carbonyl (C=O) groups excluding carboxylic acids is 1. The lowest BCUT2D eigenvalue weighted by Gasteiger charge is -2.47. The van der Waals surface area contributed by atoms with Crippen molar-refractivity contribution in [3.8, 4) is 0 Å². The van der Waals surface area contributed by atoms with Crippen molar-refractivity contribution in [1.82, 2.24) is 19.7 Å². The smallest absolute Gasteiger partial charge is 0.235 e. The number of pyridine rings is 1. The third-order valence-electron chi connectivity index (χ3n) is 5.73. The molecule has 0 aromatic carbocycles. The molecule has 5 nitrogen and oxygen atoms in total. The predicted molar refractivity (Wildman–Crippen MR) is 103 cm³/mol. The van der Waals surface area contributed by atoms with Gasteiger partial charge in [0.2, 0.25) is 5.91 Å². The fourth-order valence-corrected chi connectivity index (χ4v) is 4.85. The topological polar surface area (TPSA) is 39.7 Å². The van der Waals surface area contributed by atoms with E-state index in [2.05, 4.69) is 33.8 Å². The van der Waals surface area contributed by atoms with Gasteiger partial charge in [-0.1, -0.05) is 17.8 Å². The van der Waals surface area contributed by atoms with E-state index in [9.17, 15) is 4.79 Å². The van der Waals surface area contributed by atoms with Crippen LogP contribution >= 0.6 is 11.8 Å². The fourth-order valence-electron chi connectivity index (χ4n) is 3.96. The van der Waals surface area contributed by atoms with Crippen LogP contribution in [-0.4, -0.2) is 83.2 Å². The fraction of sp³-hybridized carbons (Fsp3) is 0.684. The highest BCUT2D eigenvalue weighted by atomic mass is 32.2. The Morgan fingerprint density at radius 3 is 2.64 bits per heavy atom. The molecule has 0 bridgehead atoms. The summed E-state index contributed by atoms with van der Waals surface area (Å²) in [4.78, 5) is 24.5. The maximum Gasteiger partial charge on any atom is 0.235 e. The van der Waals surface area contributed by atoms with Gasteiger partial charge in [0.15, 0.2) is 0 Å². The second-order valence-electron chi connectivity index (χ2n) is 7.49. The van der Waals surface area contributed by atoms with Crippen molar-refractivity contribution in [2.75, 3.05) is 46.8 Å². The number of aromatic nitrogens is 1. The average Bonchev–Trinajstić information content (AvgIpc) is 2.77. The highest BCUT2D eigenvalue weighted by molar-refractivity contribution is 8.00. The van der Waals surface area contributed by atoms with E-state index in [0.29, 0.717) is 0 Å². The predicted octanol–water partition coefficient (Wildman–Crippen LogP) is 2.19. The van der Waals surface area contributed by atoms with Crippen molar-refractivity contribution in [3.63, 3.8) is 0 Å². The summed E-state index contributed by atoms with van der Waals surface area (Å²) in [6.07, 6.45) is 5.13. The van der Waals surface area contributed by atoms with Crippen molar-refractivity contribution in [2.45, 2.75) is 42.0 Å². The maximum absolute atomic E-state index is 13.1. The van der Waals surface area contributed by atoms with Gasteiger partial charge >= 0.3 is 0 Å². The van der Waals surface area contributed by atoms with Gasteiger partial charge in [-0.05, 0) is 65.5 Å². The molecule has 2 aliphatic rings. The molecular formula is C19H30N4OS. The number of hydrogen-bond donors (Lipinski definition) is 0. The Morgan fingerprint density at radius 1 is 1.20 bits per heavy atom. The van der Waals surface area contributed by atoms with Gasteiger partial charge in [0.25, 0.3) is 0 Å². The Bertz CT molecular complexity index is 574. The number of rotatable bonds is 3. The molecule has 2 saturated heterocycles. The lowest BCUT2D eigenvalue weighted by Crippen LogP contribution is -2.58. The van der Waals surface area contributed by atoms with Crippen LogP contribution in [0.5, 0.6) is 0 Å². The molecule has 1 amide bonds. The first-order chi connectivity index (χ1) is 12.0. The number of likely N-dealkylation sites (N-methyl/N-ethyl adjacent to an activating group) is 1. The van der Waals surface area contributed by atoms with Crippen molar-refractivity contribution in [1.29, 1.82) is 0 Å². The molecule has 0 aliphatic carbocycles. The van der Waals surface area contributed by atoms with Gasteiger partial charge in [0, 0.05) is 31.4 Å². The molecule has 0 radical (unpaired) electrons. The zero-order valence-electron chi connectivity index (χ0n) is 15.6. The van der Waals surface area contributed by atoms with E-state index in [1.54, 1.807) is 18.0 Å². The third-order valence-corrected chi connectivity index (χ3v) is 6.77. The normalized spacial score (nSPS) is 23.4. The minimum Gasteiger partial charge on any atom is -0.340 e. The van der Waals surface area contributed by atoms with E-state index in [4.69, 9.17) is 0 Å². The molecule has 138 valence electrons. The van der Waals surface area contributed by atoms with E-state index in [0.717, 1.165) is 57.0 Å². The van der Waals surface area contributed by atoms with Crippen LogP contribution in [0.2, 0.25) is 0 Å². The first kappa shape index (κ1) is 18.7. The Balaban J connectivity index is 1.69. The summed E-state index contributed by atoms with van der Waals surface area (Å²) < 4.78 is 0. The van der Waals surface area contributed by atoms with Crippen LogP contribution in [0.3, 0.4) is 0 Å². The molecule has 2 fully saturated rings. The van der Waals surface area contributed by atoms with Crippen LogP contribution in [0.25, 0.3) is 0 Å². The lowest BCUT2D eigenvalue weighted by molar-refractivity contribution is -0.132. The molecule has 1 atom stereocenters. The molecule has 6 heteroatoms. The first-order valence-electron chi connectivity index (χ1n) is 9.26. The standard InChI is InChI=1S/C19H30N4OS/c1-16(25-17-7-4-5-10-20-17)18(24)23-12-6-11-22(3)19(15-23)8-13-21(2)14-9-19/h4-5,7,10,16H,6,8-9,11-15H2,1-3H3. The van der Waals surface area contributed by atoms with E-state index >= 15 is 0 Å². The molecular weight excluding hydrogens is 332 g/mol. The minimum atomic E-state index is -0.0957.